The minimum absolute atomic E-state index is 0.173. The summed E-state index contributed by atoms with van der Waals surface area (Å²) in [5.41, 5.74) is 9.37. The van der Waals surface area contributed by atoms with Crippen molar-refractivity contribution in [3.8, 4) is 0 Å². The number of aryl methyl sites for hydroxylation is 1. The van der Waals surface area contributed by atoms with E-state index in [1.54, 1.807) is 11.3 Å². The molecule has 2 aromatic heterocycles. The average molecular weight is 243 g/mol. The molecule has 17 heavy (non-hydrogen) atoms. The van der Waals surface area contributed by atoms with Crippen molar-refractivity contribution < 1.29 is 4.42 Å². The van der Waals surface area contributed by atoms with Crippen LogP contribution in [-0.4, -0.2) is 0 Å². The smallest absolute Gasteiger partial charge is 0.137 e. The second kappa shape index (κ2) is 4.02. The lowest BCUT2D eigenvalue weighted by atomic mass is 10.1. The Morgan fingerprint density at radius 1 is 1.29 bits per heavy atom. The van der Waals surface area contributed by atoms with Gasteiger partial charge in [-0.05, 0) is 40.9 Å². The van der Waals surface area contributed by atoms with E-state index in [9.17, 15) is 0 Å². The van der Waals surface area contributed by atoms with E-state index < -0.39 is 0 Å². The zero-order chi connectivity index (χ0) is 11.8. The fourth-order valence-corrected chi connectivity index (χ4v) is 2.69. The summed E-state index contributed by atoms with van der Waals surface area (Å²) in [7, 11) is 0. The molecule has 2 nitrogen and oxygen atoms in total. The first-order chi connectivity index (χ1) is 8.25. The molecule has 0 amide bonds. The van der Waals surface area contributed by atoms with Gasteiger partial charge in [-0.15, -0.1) is 0 Å². The van der Waals surface area contributed by atoms with Crippen molar-refractivity contribution in [1.29, 1.82) is 0 Å². The van der Waals surface area contributed by atoms with Gasteiger partial charge in [0.1, 0.15) is 11.3 Å². The van der Waals surface area contributed by atoms with Crippen molar-refractivity contribution in [3.63, 3.8) is 0 Å². The van der Waals surface area contributed by atoms with E-state index in [0.29, 0.717) is 0 Å². The van der Waals surface area contributed by atoms with Crippen LogP contribution in [0.15, 0.2) is 45.5 Å². The summed E-state index contributed by atoms with van der Waals surface area (Å²) in [4.78, 5) is 0. The van der Waals surface area contributed by atoms with Crippen LogP contribution >= 0.6 is 11.3 Å². The molecule has 2 heterocycles. The van der Waals surface area contributed by atoms with Gasteiger partial charge >= 0.3 is 0 Å². The van der Waals surface area contributed by atoms with Crippen LogP contribution in [-0.2, 0) is 0 Å². The summed E-state index contributed by atoms with van der Waals surface area (Å²) < 4.78 is 5.86. The highest BCUT2D eigenvalue weighted by Crippen LogP contribution is 2.29. The Morgan fingerprint density at radius 2 is 2.18 bits per heavy atom. The highest BCUT2D eigenvalue weighted by Gasteiger charge is 2.15. The maximum absolute atomic E-state index is 6.19. The van der Waals surface area contributed by atoms with Gasteiger partial charge in [0.05, 0.1) is 6.04 Å². The van der Waals surface area contributed by atoms with E-state index in [1.807, 2.05) is 36.6 Å². The summed E-state index contributed by atoms with van der Waals surface area (Å²) in [6.45, 7) is 2.05. The number of hydrogen-bond acceptors (Lipinski definition) is 3. The van der Waals surface area contributed by atoms with Gasteiger partial charge in [-0.2, -0.15) is 11.3 Å². The predicted molar refractivity (Wildman–Crippen MR) is 71.3 cm³/mol. The molecule has 3 rings (SSSR count). The Bertz CT molecular complexity index is 639. The minimum Gasteiger partial charge on any atom is -0.459 e. The van der Waals surface area contributed by atoms with Gasteiger partial charge in [0.15, 0.2) is 0 Å². The number of benzene rings is 1. The van der Waals surface area contributed by atoms with Crippen molar-refractivity contribution in [3.05, 3.63) is 58.0 Å². The molecule has 1 unspecified atom stereocenters. The van der Waals surface area contributed by atoms with Gasteiger partial charge in [0.2, 0.25) is 0 Å². The molecule has 0 saturated heterocycles. The molecule has 0 aliphatic carbocycles. The quantitative estimate of drug-likeness (QED) is 0.742. The van der Waals surface area contributed by atoms with Crippen LogP contribution in [0.25, 0.3) is 11.0 Å². The Hall–Kier alpha value is -1.58. The zero-order valence-corrected chi connectivity index (χ0v) is 10.3. The Morgan fingerprint density at radius 3 is 2.88 bits per heavy atom. The molecule has 1 atom stereocenters. The molecule has 0 aliphatic heterocycles. The molecule has 1 aromatic carbocycles. The van der Waals surface area contributed by atoms with Crippen LogP contribution < -0.4 is 5.73 Å². The maximum Gasteiger partial charge on any atom is 0.137 e. The molecule has 86 valence electrons. The minimum atomic E-state index is -0.173. The van der Waals surface area contributed by atoms with Gasteiger partial charge in [0, 0.05) is 5.39 Å². The number of thiophene rings is 1. The number of hydrogen-bond donors (Lipinski definition) is 1. The van der Waals surface area contributed by atoms with Crippen molar-refractivity contribution in [1.82, 2.24) is 0 Å². The van der Waals surface area contributed by atoms with Gasteiger partial charge in [-0.25, -0.2) is 0 Å². The van der Waals surface area contributed by atoms with Gasteiger partial charge < -0.3 is 10.2 Å². The van der Waals surface area contributed by atoms with Crippen LogP contribution in [0.4, 0.5) is 0 Å². The molecule has 2 N–H and O–H groups in total. The standard InChI is InChI=1S/C14H13NOS/c1-9-3-2-4-10-7-12(16-14(9)10)13(15)11-5-6-17-8-11/h2-8,13H,15H2,1H3. The zero-order valence-electron chi connectivity index (χ0n) is 9.51. The van der Waals surface area contributed by atoms with Crippen molar-refractivity contribution >= 4 is 22.3 Å². The van der Waals surface area contributed by atoms with E-state index in [0.717, 1.165) is 27.9 Å². The van der Waals surface area contributed by atoms with E-state index in [2.05, 4.69) is 11.4 Å². The fourth-order valence-electron chi connectivity index (χ4n) is 2.00. The highest BCUT2D eigenvalue weighted by molar-refractivity contribution is 7.08. The van der Waals surface area contributed by atoms with Gasteiger partial charge in [-0.3, -0.25) is 0 Å². The molecule has 0 radical (unpaired) electrons. The second-order valence-electron chi connectivity index (χ2n) is 4.18. The summed E-state index contributed by atoms with van der Waals surface area (Å²) in [6.07, 6.45) is 0. The number of furan rings is 1. The topological polar surface area (TPSA) is 39.2 Å². The Labute approximate surface area is 104 Å². The molecule has 3 aromatic rings. The van der Waals surface area contributed by atoms with Crippen molar-refractivity contribution in [2.75, 3.05) is 0 Å². The third-order valence-electron chi connectivity index (χ3n) is 2.97. The van der Waals surface area contributed by atoms with E-state index >= 15 is 0 Å². The Kier molecular flexibility index (Phi) is 2.50. The molecule has 0 bridgehead atoms. The lowest BCUT2D eigenvalue weighted by molar-refractivity contribution is 0.524. The molecule has 0 aliphatic rings. The summed E-state index contributed by atoms with van der Waals surface area (Å²) in [5, 5.41) is 5.21. The molecule has 0 fully saturated rings. The molecular formula is C14H13NOS. The molecular weight excluding hydrogens is 230 g/mol. The normalized spacial score (nSPS) is 13.1. The first-order valence-corrected chi connectivity index (χ1v) is 6.47. The predicted octanol–water partition coefficient (Wildman–Crippen LogP) is 3.85. The largest absolute Gasteiger partial charge is 0.459 e. The molecule has 0 spiro atoms. The first-order valence-electron chi connectivity index (χ1n) is 5.52. The third kappa shape index (κ3) is 1.77. The molecule has 3 heteroatoms. The van der Waals surface area contributed by atoms with Gasteiger partial charge in [-0.1, -0.05) is 18.2 Å². The van der Waals surface area contributed by atoms with Gasteiger partial charge in [0.25, 0.3) is 0 Å². The second-order valence-corrected chi connectivity index (χ2v) is 4.96. The average Bonchev–Trinajstić information content (AvgIpc) is 2.98. The molecule has 0 saturated carbocycles. The van der Waals surface area contributed by atoms with Crippen LogP contribution in [0.3, 0.4) is 0 Å². The monoisotopic (exact) mass is 243 g/mol. The van der Waals surface area contributed by atoms with Crippen LogP contribution in [0, 0.1) is 6.92 Å². The van der Waals surface area contributed by atoms with Crippen LogP contribution in [0.5, 0.6) is 0 Å². The van der Waals surface area contributed by atoms with E-state index in [4.69, 9.17) is 10.2 Å². The maximum atomic E-state index is 6.19. The Balaban J connectivity index is 2.10. The number of fused-ring (bicyclic) bond motifs is 1. The van der Waals surface area contributed by atoms with Crippen molar-refractivity contribution in [2.45, 2.75) is 13.0 Å². The first kappa shape index (κ1) is 10.6. The number of nitrogens with two attached hydrogens (primary N) is 1. The van der Waals surface area contributed by atoms with Crippen LogP contribution in [0.1, 0.15) is 22.9 Å². The summed E-state index contributed by atoms with van der Waals surface area (Å²) >= 11 is 1.65. The van der Waals surface area contributed by atoms with Crippen LogP contribution in [0.2, 0.25) is 0 Å². The third-order valence-corrected chi connectivity index (χ3v) is 3.67. The van der Waals surface area contributed by atoms with E-state index in [1.165, 1.54) is 0 Å². The van der Waals surface area contributed by atoms with E-state index in [-0.39, 0.29) is 6.04 Å². The lowest BCUT2D eigenvalue weighted by Gasteiger charge is -2.05. The van der Waals surface area contributed by atoms with Crippen molar-refractivity contribution in [2.24, 2.45) is 5.73 Å². The SMILES string of the molecule is Cc1cccc2cc(C(N)c3ccsc3)oc12. The summed E-state index contributed by atoms with van der Waals surface area (Å²) in [6, 6.07) is 10.0. The highest BCUT2D eigenvalue weighted by atomic mass is 32.1. The fraction of sp³-hybridized carbons (Fsp3) is 0.143. The summed E-state index contributed by atoms with van der Waals surface area (Å²) in [5.74, 6) is 0.827. The number of rotatable bonds is 2. The lowest BCUT2D eigenvalue weighted by Crippen LogP contribution is -2.09. The number of para-hydroxylation sites is 1.